The summed E-state index contributed by atoms with van der Waals surface area (Å²) in [7, 11) is 1.83. The Labute approximate surface area is 223 Å². The fourth-order valence-corrected chi connectivity index (χ4v) is 4.86. The molecule has 3 aromatic heterocycles. The van der Waals surface area contributed by atoms with E-state index in [0.29, 0.717) is 35.9 Å². The molecule has 4 aromatic rings. The van der Waals surface area contributed by atoms with Crippen LogP contribution in [0.1, 0.15) is 52.1 Å². The van der Waals surface area contributed by atoms with Crippen LogP contribution in [-0.4, -0.2) is 48.8 Å². The predicted molar refractivity (Wildman–Crippen MR) is 141 cm³/mol. The van der Waals surface area contributed by atoms with Gasteiger partial charge >= 0.3 is 6.18 Å². The molecule has 1 N–H and O–H groups in total. The summed E-state index contributed by atoms with van der Waals surface area (Å²) >= 11 is 0. The van der Waals surface area contributed by atoms with Crippen LogP contribution < -0.4 is 10.2 Å². The second-order valence-electron chi connectivity index (χ2n) is 9.81. The minimum Gasteiger partial charge on any atom is -0.371 e. The topological polar surface area (TPSA) is 93.8 Å². The lowest BCUT2D eigenvalue weighted by atomic mass is 10.0. The zero-order valence-corrected chi connectivity index (χ0v) is 22.2. The van der Waals surface area contributed by atoms with Gasteiger partial charge in [0.25, 0.3) is 5.91 Å². The summed E-state index contributed by atoms with van der Waals surface area (Å²) in [5.74, 6) is -0.575. The first-order chi connectivity index (χ1) is 18.5. The molecule has 0 unspecified atom stereocenters. The lowest BCUT2D eigenvalue weighted by Gasteiger charge is -2.31. The number of nitrogens with zero attached hydrogens (tertiary/aromatic N) is 7. The predicted octanol–water partition coefficient (Wildman–Crippen LogP) is 5.25. The summed E-state index contributed by atoms with van der Waals surface area (Å²) in [6.45, 7) is 6.53. The first kappa shape index (κ1) is 26.4. The molecule has 0 saturated carbocycles. The zero-order chi connectivity index (χ0) is 27.9. The molecule has 4 heterocycles. The highest BCUT2D eigenvalue weighted by molar-refractivity contribution is 6.04. The summed E-state index contributed by atoms with van der Waals surface area (Å²) in [4.78, 5) is 19.5. The average molecular weight is 539 g/mol. The Morgan fingerprint density at radius 1 is 1.00 bits per heavy atom. The SMILES string of the molecule is Cc1ncc(C(=O)Nc2cc(N3CCCCC3)c(C)c(C(F)(F)F)c2)cc1-n1cc(-c2cnn(C)c2C)nn1. The summed E-state index contributed by atoms with van der Waals surface area (Å²) < 4.78 is 45.0. The lowest BCUT2D eigenvalue weighted by Crippen LogP contribution is -2.30. The summed E-state index contributed by atoms with van der Waals surface area (Å²) in [6.07, 6.45) is 3.14. The maximum Gasteiger partial charge on any atom is 0.416 e. The van der Waals surface area contributed by atoms with Crippen molar-refractivity contribution in [3.8, 4) is 16.9 Å². The highest BCUT2D eigenvalue weighted by Gasteiger charge is 2.35. The monoisotopic (exact) mass is 538 g/mol. The molecule has 0 aliphatic carbocycles. The van der Waals surface area contributed by atoms with Gasteiger partial charge in [0.2, 0.25) is 0 Å². The standard InChI is InChI=1S/C27H29F3N8O/c1-16-22(27(28,29)30)11-20(12-24(16)37-8-6-5-7-9-37)33-26(39)19-10-25(17(2)31-13-19)38-15-23(34-35-38)21-14-32-36(4)18(21)3/h10-15H,5-9H2,1-4H3,(H,33,39). The Morgan fingerprint density at radius 3 is 2.41 bits per heavy atom. The van der Waals surface area contributed by atoms with E-state index in [-0.39, 0.29) is 16.8 Å². The van der Waals surface area contributed by atoms with E-state index in [1.165, 1.54) is 17.8 Å². The molecular formula is C27H29F3N8O. The molecule has 1 aliphatic heterocycles. The Morgan fingerprint density at radius 2 is 1.74 bits per heavy atom. The Hall–Kier alpha value is -4.22. The number of rotatable bonds is 5. The molecule has 1 amide bonds. The number of piperidine rings is 1. The normalized spacial score (nSPS) is 14.1. The van der Waals surface area contributed by atoms with Crippen LogP contribution in [0, 0.1) is 20.8 Å². The molecule has 0 atom stereocenters. The molecule has 1 fully saturated rings. The van der Waals surface area contributed by atoms with E-state index in [4.69, 9.17) is 0 Å². The molecule has 39 heavy (non-hydrogen) atoms. The minimum absolute atomic E-state index is 0.0794. The van der Waals surface area contributed by atoms with Crippen molar-refractivity contribution in [2.75, 3.05) is 23.3 Å². The van der Waals surface area contributed by atoms with Crippen molar-refractivity contribution >= 4 is 17.3 Å². The van der Waals surface area contributed by atoms with E-state index in [9.17, 15) is 18.0 Å². The molecule has 5 rings (SSSR count). The van der Waals surface area contributed by atoms with Crippen LogP contribution in [0.5, 0.6) is 0 Å². The molecule has 1 aliphatic rings. The third-order valence-corrected chi connectivity index (χ3v) is 7.21. The van der Waals surface area contributed by atoms with Gasteiger partial charge in [0, 0.05) is 49.0 Å². The van der Waals surface area contributed by atoms with E-state index in [0.717, 1.165) is 36.6 Å². The number of alkyl halides is 3. The number of hydrogen-bond donors (Lipinski definition) is 1. The third-order valence-electron chi connectivity index (χ3n) is 7.21. The zero-order valence-electron chi connectivity index (χ0n) is 22.2. The molecule has 1 aromatic carbocycles. The fourth-order valence-electron chi connectivity index (χ4n) is 4.86. The number of carbonyl (C=O) groups excluding carboxylic acids is 1. The van der Waals surface area contributed by atoms with Gasteiger partial charge in [-0.25, -0.2) is 4.68 Å². The first-order valence-corrected chi connectivity index (χ1v) is 12.7. The third kappa shape index (κ3) is 5.23. The van der Waals surface area contributed by atoms with Gasteiger partial charge in [-0.2, -0.15) is 18.3 Å². The van der Waals surface area contributed by atoms with Crippen molar-refractivity contribution in [2.45, 2.75) is 46.2 Å². The molecular weight excluding hydrogens is 509 g/mol. The molecule has 9 nitrogen and oxygen atoms in total. The summed E-state index contributed by atoms with van der Waals surface area (Å²) in [6, 6.07) is 4.20. The van der Waals surface area contributed by atoms with Crippen LogP contribution in [0.3, 0.4) is 0 Å². The Kier molecular flexibility index (Phi) is 6.87. The highest BCUT2D eigenvalue weighted by atomic mass is 19.4. The number of benzene rings is 1. The van der Waals surface area contributed by atoms with Crippen LogP contribution in [0.25, 0.3) is 16.9 Å². The molecule has 0 spiro atoms. The number of halogens is 3. The van der Waals surface area contributed by atoms with Crippen molar-refractivity contribution in [3.05, 3.63) is 64.9 Å². The second-order valence-corrected chi connectivity index (χ2v) is 9.81. The van der Waals surface area contributed by atoms with Crippen molar-refractivity contribution in [1.82, 2.24) is 29.8 Å². The number of aromatic nitrogens is 6. The van der Waals surface area contributed by atoms with E-state index in [1.807, 2.05) is 18.9 Å². The largest absolute Gasteiger partial charge is 0.416 e. The molecule has 0 bridgehead atoms. The maximum atomic E-state index is 13.9. The molecule has 0 radical (unpaired) electrons. The number of anilines is 2. The smallest absolute Gasteiger partial charge is 0.371 e. The average Bonchev–Trinajstić information content (AvgIpc) is 3.51. The van der Waals surface area contributed by atoms with Gasteiger partial charge in [-0.05, 0) is 63.8 Å². The van der Waals surface area contributed by atoms with Gasteiger partial charge in [-0.1, -0.05) is 5.21 Å². The van der Waals surface area contributed by atoms with Crippen molar-refractivity contribution in [3.63, 3.8) is 0 Å². The van der Waals surface area contributed by atoms with Crippen molar-refractivity contribution in [2.24, 2.45) is 7.05 Å². The fraction of sp³-hybridized carbons (Fsp3) is 0.370. The van der Waals surface area contributed by atoms with Crippen LogP contribution >= 0.6 is 0 Å². The quantitative estimate of drug-likeness (QED) is 0.373. The second kappa shape index (κ2) is 10.2. The van der Waals surface area contributed by atoms with Gasteiger partial charge < -0.3 is 10.2 Å². The Bertz CT molecular complexity index is 1530. The van der Waals surface area contributed by atoms with Crippen LogP contribution in [0.4, 0.5) is 24.5 Å². The van der Waals surface area contributed by atoms with Gasteiger partial charge in [0.15, 0.2) is 0 Å². The van der Waals surface area contributed by atoms with Crippen LogP contribution in [-0.2, 0) is 13.2 Å². The lowest BCUT2D eigenvalue weighted by molar-refractivity contribution is -0.138. The van der Waals surface area contributed by atoms with E-state index >= 15 is 0 Å². The van der Waals surface area contributed by atoms with E-state index < -0.39 is 17.6 Å². The van der Waals surface area contributed by atoms with Crippen LogP contribution in [0.15, 0.2) is 36.8 Å². The maximum absolute atomic E-state index is 13.9. The number of hydrogen-bond acceptors (Lipinski definition) is 6. The van der Waals surface area contributed by atoms with E-state index in [2.05, 4.69) is 25.7 Å². The highest BCUT2D eigenvalue weighted by Crippen LogP contribution is 2.39. The molecule has 204 valence electrons. The number of aryl methyl sites for hydroxylation is 2. The van der Waals surface area contributed by atoms with Gasteiger partial charge in [-0.15, -0.1) is 5.10 Å². The van der Waals surface area contributed by atoms with Gasteiger partial charge in [0.05, 0.1) is 34.9 Å². The first-order valence-electron chi connectivity index (χ1n) is 12.7. The van der Waals surface area contributed by atoms with Gasteiger partial charge in [0.1, 0.15) is 5.69 Å². The summed E-state index contributed by atoms with van der Waals surface area (Å²) in [5, 5.41) is 15.3. The minimum atomic E-state index is -4.55. The number of carbonyl (C=O) groups is 1. The number of pyridine rings is 1. The van der Waals surface area contributed by atoms with E-state index in [1.54, 1.807) is 36.1 Å². The summed E-state index contributed by atoms with van der Waals surface area (Å²) in [5.41, 5.74) is 3.64. The number of nitrogens with one attached hydrogen (secondary N) is 1. The molecule has 12 heteroatoms. The Balaban J connectivity index is 1.45. The molecule has 1 saturated heterocycles. The number of amides is 1. The van der Waals surface area contributed by atoms with Gasteiger partial charge in [-0.3, -0.25) is 14.5 Å². The van der Waals surface area contributed by atoms with Crippen molar-refractivity contribution in [1.29, 1.82) is 0 Å². The van der Waals surface area contributed by atoms with Crippen molar-refractivity contribution < 1.29 is 18.0 Å². The van der Waals surface area contributed by atoms with Crippen LogP contribution in [0.2, 0.25) is 0 Å².